The molecule has 3 aromatic heterocycles. The van der Waals surface area contributed by atoms with Gasteiger partial charge in [0.05, 0.1) is 0 Å². The molecule has 0 unspecified atom stereocenters. The van der Waals surface area contributed by atoms with E-state index in [0.29, 0.717) is 23.9 Å². The van der Waals surface area contributed by atoms with Crippen LogP contribution in [0.3, 0.4) is 0 Å². The quantitative estimate of drug-likeness (QED) is 0.473. The third-order valence-electron chi connectivity index (χ3n) is 5.49. The molecule has 0 amide bonds. The smallest absolute Gasteiger partial charge is 0.180 e. The minimum absolute atomic E-state index is 0.572. The molecule has 0 bridgehead atoms. The van der Waals surface area contributed by atoms with Crippen LogP contribution in [0.25, 0.3) is 11.5 Å². The van der Waals surface area contributed by atoms with Crippen molar-refractivity contribution in [1.82, 2.24) is 30.2 Å². The number of hydrogen-bond donors (Lipinski definition) is 2. The first-order chi connectivity index (χ1) is 16.2. The van der Waals surface area contributed by atoms with Crippen molar-refractivity contribution in [2.45, 2.75) is 13.3 Å². The SMILES string of the molecule is Cc1cccc(-c2nccc(Nc3ccnc(Cc4cccc(N5CCNCC5)c4)n3)n2)n1. The lowest BCUT2D eigenvalue weighted by Gasteiger charge is -2.29. The highest BCUT2D eigenvalue weighted by atomic mass is 15.2. The highest BCUT2D eigenvalue weighted by Gasteiger charge is 2.11. The Morgan fingerprint density at radius 2 is 1.67 bits per heavy atom. The van der Waals surface area contributed by atoms with E-state index in [2.05, 4.69) is 59.7 Å². The number of piperazine rings is 1. The average molecular weight is 439 g/mol. The number of hydrogen-bond acceptors (Lipinski definition) is 8. The van der Waals surface area contributed by atoms with Crippen molar-refractivity contribution in [3.05, 3.63) is 84.1 Å². The first-order valence-electron chi connectivity index (χ1n) is 11.1. The minimum Gasteiger partial charge on any atom is -0.369 e. The van der Waals surface area contributed by atoms with Gasteiger partial charge in [0.2, 0.25) is 0 Å². The molecule has 4 heterocycles. The Bertz CT molecular complexity index is 1240. The van der Waals surface area contributed by atoms with Crippen molar-refractivity contribution < 1.29 is 0 Å². The van der Waals surface area contributed by atoms with Crippen LogP contribution in [0, 0.1) is 6.92 Å². The number of aromatic nitrogens is 5. The van der Waals surface area contributed by atoms with E-state index in [1.54, 1.807) is 12.4 Å². The summed E-state index contributed by atoms with van der Waals surface area (Å²) < 4.78 is 0. The molecule has 0 spiro atoms. The summed E-state index contributed by atoms with van der Waals surface area (Å²) in [5.74, 6) is 2.68. The summed E-state index contributed by atoms with van der Waals surface area (Å²) in [6.07, 6.45) is 4.16. The van der Waals surface area contributed by atoms with Crippen molar-refractivity contribution in [1.29, 1.82) is 0 Å². The van der Waals surface area contributed by atoms with Crippen LogP contribution < -0.4 is 15.5 Å². The van der Waals surface area contributed by atoms with E-state index in [1.807, 2.05) is 37.3 Å². The highest BCUT2D eigenvalue weighted by Crippen LogP contribution is 2.20. The minimum atomic E-state index is 0.572. The first-order valence-corrected chi connectivity index (χ1v) is 11.1. The van der Waals surface area contributed by atoms with Crippen molar-refractivity contribution in [2.24, 2.45) is 0 Å². The van der Waals surface area contributed by atoms with E-state index >= 15 is 0 Å². The maximum Gasteiger partial charge on any atom is 0.180 e. The molecule has 1 aliphatic heterocycles. The number of rotatable bonds is 6. The lowest BCUT2D eigenvalue weighted by atomic mass is 10.1. The summed E-state index contributed by atoms with van der Waals surface area (Å²) in [4.78, 5) is 25.1. The van der Waals surface area contributed by atoms with Crippen molar-refractivity contribution in [2.75, 3.05) is 36.4 Å². The average Bonchev–Trinajstić information content (AvgIpc) is 2.85. The lowest BCUT2D eigenvalue weighted by molar-refractivity contribution is 0.589. The molecule has 0 atom stereocenters. The number of pyridine rings is 1. The zero-order valence-corrected chi connectivity index (χ0v) is 18.6. The maximum absolute atomic E-state index is 4.70. The molecule has 8 heteroatoms. The summed E-state index contributed by atoms with van der Waals surface area (Å²) in [5, 5.41) is 6.67. The van der Waals surface area contributed by atoms with Crippen molar-refractivity contribution in [3.63, 3.8) is 0 Å². The van der Waals surface area contributed by atoms with Gasteiger partial charge < -0.3 is 15.5 Å². The van der Waals surface area contributed by atoms with Crippen LogP contribution in [0.1, 0.15) is 17.1 Å². The lowest BCUT2D eigenvalue weighted by Crippen LogP contribution is -2.43. The number of aryl methyl sites for hydroxylation is 1. The van der Waals surface area contributed by atoms with E-state index in [0.717, 1.165) is 43.4 Å². The van der Waals surface area contributed by atoms with Gasteiger partial charge in [-0.15, -0.1) is 0 Å². The largest absolute Gasteiger partial charge is 0.369 e. The second-order valence-corrected chi connectivity index (χ2v) is 8.00. The summed E-state index contributed by atoms with van der Waals surface area (Å²) in [6, 6.07) is 18.1. The van der Waals surface area contributed by atoms with Crippen LogP contribution in [-0.2, 0) is 6.42 Å². The Kier molecular flexibility index (Phi) is 6.16. The fourth-order valence-electron chi connectivity index (χ4n) is 3.87. The Morgan fingerprint density at radius 1 is 0.879 bits per heavy atom. The van der Waals surface area contributed by atoms with Gasteiger partial charge in [-0.25, -0.2) is 24.9 Å². The van der Waals surface area contributed by atoms with Gasteiger partial charge in [0.25, 0.3) is 0 Å². The molecule has 33 heavy (non-hydrogen) atoms. The van der Waals surface area contributed by atoms with Crippen LogP contribution in [0.15, 0.2) is 67.0 Å². The first kappa shape index (κ1) is 21.0. The zero-order chi connectivity index (χ0) is 22.5. The fraction of sp³-hybridized carbons (Fsp3) is 0.240. The number of benzene rings is 1. The molecule has 0 radical (unpaired) electrons. The van der Waals surface area contributed by atoms with Gasteiger partial charge in [-0.3, -0.25) is 0 Å². The van der Waals surface area contributed by atoms with Gasteiger partial charge in [0.1, 0.15) is 23.2 Å². The van der Waals surface area contributed by atoms with Crippen LogP contribution in [-0.4, -0.2) is 51.1 Å². The van der Waals surface area contributed by atoms with Gasteiger partial charge in [-0.05, 0) is 48.9 Å². The predicted octanol–water partition coefficient (Wildman–Crippen LogP) is 3.38. The third kappa shape index (κ3) is 5.30. The van der Waals surface area contributed by atoms with Crippen LogP contribution in [0.2, 0.25) is 0 Å². The summed E-state index contributed by atoms with van der Waals surface area (Å²) in [5.41, 5.74) is 4.11. The molecule has 5 rings (SSSR count). The van der Waals surface area contributed by atoms with Crippen molar-refractivity contribution >= 4 is 17.3 Å². The molecular weight excluding hydrogens is 412 g/mol. The molecule has 4 aromatic rings. The molecule has 1 aromatic carbocycles. The monoisotopic (exact) mass is 438 g/mol. The third-order valence-corrected chi connectivity index (χ3v) is 5.49. The van der Waals surface area contributed by atoms with E-state index in [1.165, 1.54) is 11.3 Å². The molecule has 1 aliphatic rings. The molecule has 1 fully saturated rings. The number of nitrogens with one attached hydrogen (secondary N) is 2. The van der Waals surface area contributed by atoms with Crippen LogP contribution in [0.4, 0.5) is 17.3 Å². The Morgan fingerprint density at radius 3 is 2.52 bits per heavy atom. The fourth-order valence-corrected chi connectivity index (χ4v) is 3.87. The maximum atomic E-state index is 4.70. The van der Waals surface area contributed by atoms with Gasteiger partial charge >= 0.3 is 0 Å². The normalized spacial score (nSPS) is 13.7. The molecule has 166 valence electrons. The predicted molar refractivity (Wildman–Crippen MR) is 130 cm³/mol. The second kappa shape index (κ2) is 9.70. The van der Waals surface area contributed by atoms with Crippen molar-refractivity contribution in [3.8, 4) is 11.5 Å². The summed E-state index contributed by atoms with van der Waals surface area (Å²) in [7, 11) is 0. The van der Waals surface area contributed by atoms with Gasteiger partial charge in [0.15, 0.2) is 5.82 Å². The van der Waals surface area contributed by atoms with Gasteiger partial charge in [-0.1, -0.05) is 18.2 Å². The van der Waals surface area contributed by atoms with E-state index in [9.17, 15) is 0 Å². The second-order valence-electron chi connectivity index (χ2n) is 8.00. The molecule has 8 nitrogen and oxygen atoms in total. The van der Waals surface area contributed by atoms with Crippen LogP contribution >= 0.6 is 0 Å². The molecule has 1 saturated heterocycles. The zero-order valence-electron chi connectivity index (χ0n) is 18.6. The Balaban J connectivity index is 1.31. The topological polar surface area (TPSA) is 91.8 Å². The van der Waals surface area contributed by atoms with Gasteiger partial charge in [-0.2, -0.15) is 0 Å². The Labute approximate surface area is 193 Å². The summed E-state index contributed by atoms with van der Waals surface area (Å²) in [6.45, 7) is 6.04. The van der Waals surface area contributed by atoms with E-state index < -0.39 is 0 Å². The number of anilines is 3. The molecule has 0 saturated carbocycles. The number of nitrogens with zero attached hydrogens (tertiary/aromatic N) is 6. The van der Waals surface area contributed by atoms with E-state index in [-0.39, 0.29) is 0 Å². The molecule has 0 aliphatic carbocycles. The van der Waals surface area contributed by atoms with Gasteiger partial charge in [0, 0.05) is 56.4 Å². The molecular formula is C25H26N8. The summed E-state index contributed by atoms with van der Waals surface area (Å²) >= 11 is 0. The standard InChI is InChI=1S/C25H26N8/c1-18-4-2-7-21(29-18)25-28-11-9-23(32-25)30-22-8-10-27-24(31-22)17-19-5-3-6-20(16-19)33-14-12-26-13-15-33/h2-11,16,26H,12-15,17H2,1H3,(H,27,28,30,31,32). The highest BCUT2D eigenvalue weighted by molar-refractivity contribution is 5.56. The van der Waals surface area contributed by atoms with E-state index in [4.69, 9.17) is 4.98 Å². The molecule has 2 N–H and O–H groups in total. The Hall–Kier alpha value is -3.91. The van der Waals surface area contributed by atoms with Crippen LogP contribution in [0.5, 0.6) is 0 Å².